The molecule has 1 aliphatic rings. The number of nitrogens with two attached hydrogens (primary N) is 1. The largest absolute Gasteiger partial charge is 0.409 e. The van der Waals surface area contributed by atoms with Crippen molar-refractivity contribution in [3.63, 3.8) is 0 Å². The molecule has 1 amide bonds. The number of amides is 1. The van der Waals surface area contributed by atoms with Crippen LogP contribution in [-0.2, 0) is 4.79 Å². The van der Waals surface area contributed by atoms with Crippen molar-refractivity contribution in [3.05, 3.63) is 29.8 Å². The van der Waals surface area contributed by atoms with E-state index in [1.165, 1.54) is 4.90 Å². The van der Waals surface area contributed by atoms with Gasteiger partial charge in [-0.25, -0.2) is 0 Å². The Kier molecular flexibility index (Phi) is 4.09. The lowest BCUT2D eigenvalue weighted by Gasteiger charge is -2.11. The average Bonchev–Trinajstić information content (AvgIpc) is 2.82. The second kappa shape index (κ2) is 5.77. The number of benzene rings is 1. The second-order valence-electron chi connectivity index (χ2n) is 4.03. The number of hydrogen-bond donors (Lipinski definition) is 3. The Balaban J connectivity index is 1.92. The topological polar surface area (TPSA) is 87.7 Å². The molecule has 0 radical (unpaired) electrons. The molecular weight excluding hydrogens is 250 g/mol. The average molecular weight is 265 g/mol. The van der Waals surface area contributed by atoms with Gasteiger partial charge in [0.05, 0.1) is 5.92 Å². The van der Waals surface area contributed by atoms with Crippen LogP contribution in [0, 0.1) is 0 Å². The molecule has 0 fully saturated rings. The van der Waals surface area contributed by atoms with Crippen molar-refractivity contribution in [3.8, 4) is 0 Å². The smallest absolute Gasteiger partial charge is 0.228 e. The molecular formula is C12H15N3O2S. The normalized spacial score (nSPS) is 18.4. The first-order chi connectivity index (χ1) is 8.72. The summed E-state index contributed by atoms with van der Waals surface area (Å²) >= 11 is 1.70. The van der Waals surface area contributed by atoms with Gasteiger partial charge in [-0.2, -0.15) is 0 Å². The minimum atomic E-state index is -0.0986. The summed E-state index contributed by atoms with van der Waals surface area (Å²) in [5.41, 5.74) is 6.42. The first-order valence-corrected chi connectivity index (χ1v) is 6.66. The molecule has 0 aromatic heterocycles. The lowest BCUT2D eigenvalue weighted by Crippen LogP contribution is -2.32. The minimum Gasteiger partial charge on any atom is -0.409 e. The number of rotatable bonds is 4. The molecule has 2 rings (SSSR count). The van der Waals surface area contributed by atoms with Gasteiger partial charge < -0.3 is 16.3 Å². The van der Waals surface area contributed by atoms with Crippen LogP contribution < -0.4 is 11.1 Å². The molecule has 5 nitrogen and oxygen atoms in total. The number of carbonyl (C=O) groups excluding carboxylic acids is 1. The van der Waals surface area contributed by atoms with Crippen molar-refractivity contribution >= 4 is 23.5 Å². The Bertz CT molecular complexity index is 476. The first-order valence-electron chi connectivity index (χ1n) is 5.68. The number of amidine groups is 1. The molecule has 6 heteroatoms. The number of nitrogens with one attached hydrogen (secondary N) is 1. The fourth-order valence-electron chi connectivity index (χ4n) is 1.87. The van der Waals surface area contributed by atoms with Crippen molar-refractivity contribution < 1.29 is 10.0 Å². The molecule has 1 aliphatic heterocycles. The van der Waals surface area contributed by atoms with Crippen LogP contribution in [0.4, 0.5) is 0 Å². The van der Waals surface area contributed by atoms with Crippen molar-refractivity contribution in [2.24, 2.45) is 10.9 Å². The maximum atomic E-state index is 12.0. The second-order valence-corrected chi connectivity index (χ2v) is 5.10. The molecule has 0 saturated heterocycles. The molecule has 1 atom stereocenters. The maximum Gasteiger partial charge on any atom is 0.228 e. The van der Waals surface area contributed by atoms with Crippen LogP contribution in [0.25, 0.3) is 0 Å². The predicted octanol–water partition coefficient (Wildman–Crippen LogP) is 1.13. The van der Waals surface area contributed by atoms with Gasteiger partial charge in [0.15, 0.2) is 0 Å². The van der Waals surface area contributed by atoms with E-state index in [9.17, 15) is 4.79 Å². The third-order valence-electron chi connectivity index (χ3n) is 2.83. The molecule has 0 aliphatic carbocycles. The first kappa shape index (κ1) is 12.8. The molecule has 1 heterocycles. The van der Waals surface area contributed by atoms with E-state index in [4.69, 9.17) is 10.9 Å². The SMILES string of the molecule is NC(CCNC(=O)C1CSc2ccccc21)=NO. The molecule has 0 bridgehead atoms. The maximum absolute atomic E-state index is 12.0. The molecule has 96 valence electrons. The molecule has 0 saturated carbocycles. The summed E-state index contributed by atoms with van der Waals surface area (Å²) in [6.45, 7) is 0.387. The van der Waals surface area contributed by atoms with E-state index >= 15 is 0 Å². The van der Waals surface area contributed by atoms with Gasteiger partial charge in [0.2, 0.25) is 5.91 Å². The van der Waals surface area contributed by atoms with Crippen molar-refractivity contribution in [1.29, 1.82) is 0 Å². The molecule has 1 aromatic carbocycles. The van der Waals surface area contributed by atoms with Gasteiger partial charge in [-0.15, -0.1) is 11.8 Å². The molecule has 18 heavy (non-hydrogen) atoms. The highest BCUT2D eigenvalue weighted by molar-refractivity contribution is 7.99. The number of oxime groups is 1. The molecule has 1 unspecified atom stereocenters. The number of nitrogens with zero attached hydrogens (tertiary/aromatic N) is 1. The van der Waals surface area contributed by atoms with E-state index < -0.39 is 0 Å². The van der Waals surface area contributed by atoms with Crippen molar-refractivity contribution in [2.45, 2.75) is 17.2 Å². The number of hydrogen-bond acceptors (Lipinski definition) is 4. The third-order valence-corrected chi connectivity index (χ3v) is 4.01. The zero-order valence-corrected chi connectivity index (χ0v) is 10.6. The zero-order valence-electron chi connectivity index (χ0n) is 9.80. The van der Waals surface area contributed by atoms with Crippen LogP contribution in [0.15, 0.2) is 34.3 Å². The van der Waals surface area contributed by atoms with E-state index in [2.05, 4.69) is 10.5 Å². The highest BCUT2D eigenvalue weighted by Gasteiger charge is 2.28. The summed E-state index contributed by atoms with van der Waals surface area (Å²) in [7, 11) is 0. The van der Waals surface area contributed by atoms with E-state index in [1.807, 2.05) is 24.3 Å². The lowest BCUT2D eigenvalue weighted by atomic mass is 10.0. The Hall–Kier alpha value is -1.69. The minimum absolute atomic E-state index is 0.00168. The Morgan fingerprint density at radius 2 is 2.33 bits per heavy atom. The summed E-state index contributed by atoms with van der Waals surface area (Å²) in [6, 6.07) is 7.94. The van der Waals surface area contributed by atoms with Gasteiger partial charge >= 0.3 is 0 Å². The Labute approximate surface area is 109 Å². The quantitative estimate of drug-likeness (QED) is 0.329. The van der Waals surface area contributed by atoms with E-state index in [0.29, 0.717) is 13.0 Å². The van der Waals surface area contributed by atoms with Crippen LogP contribution in [-0.4, -0.2) is 29.2 Å². The highest BCUT2D eigenvalue weighted by Crippen LogP contribution is 2.39. The van der Waals surface area contributed by atoms with Crippen molar-refractivity contribution in [1.82, 2.24) is 5.32 Å². The number of thioether (sulfide) groups is 1. The zero-order chi connectivity index (χ0) is 13.0. The van der Waals surface area contributed by atoms with Gasteiger partial charge in [0, 0.05) is 23.6 Å². The number of carbonyl (C=O) groups is 1. The lowest BCUT2D eigenvalue weighted by molar-refractivity contribution is -0.122. The van der Waals surface area contributed by atoms with E-state index in [1.54, 1.807) is 11.8 Å². The molecule has 0 spiro atoms. The highest BCUT2D eigenvalue weighted by atomic mass is 32.2. The van der Waals surface area contributed by atoms with E-state index in [0.717, 1.165) is 11.3 Å². The summed E-state index contributed by atoms with van der Waals surface area (Å²) in [5.74, 6) is 0.794. The summed E-state index contributed by atoms with van der Waals surface area (Å²) in [6.07, 6.45) is 0.351. The van der Waals surface area contributed by atoms with Gasteiger partial charge in [-0.1, -0.05) is 23.4 Å². The van der Waals surface area contributed by atoms with Gasteiger partial charge in [-0.3, -0.25) is 4.79 Å². The molecule has 1 aromatic rings. The number of fused-ring (bicyclic) bond motifs is 1. The predicted molar refractivity (Wildman–Crippen MR) is 70.9 cm³/mol. The van der Waals surface area contributed by atoms with E-state index in [-0.39, 0.29) is 17.7 Å². The summed E-state index contributed by atoms with van der Waals surface area (Å²) < 4.78 is 0. The van der Waals surface area contributed by atoms with Gasteiger partial charge in [0.1, 0.15) is 5.84 Å². The Morgan fingerprint density at radius 3 is 3.11 bits per heavy atom. The van der Waals surface area contributed by atoms with Crippen LogP contribution >= 0.6 is 11.8 Å². The van der Waals surface area contributed by atoms with Crippen molar-refractivity contribution in [2.75, 3.05) is 12.3 Å². The third kappa shape index (κ3) is 2.76. The standard InChI is InChI=1S/C12H15N3O2S/c13-11(15-17)5-6-14-12(16)9-7-18-10-4-2-1-3-8(9)10/h1-4,9,17H,5-7H2,(H2,13,15)(H,14,16). The fourth-order valence-corrected chi connectivity index (χ4v) is 3.10. The monoisotopic (exact) mass is 265 g/mol. The fraction of sp³-hybridized carbons (Fsp3) is 0.333. The summed E-state index contributed by atoms with van der Waals surface area (Å²) in [5, 5.41) is 14.1. The Morgan fingerprint density at radius 1 is 1.56 bits per heavy atom. The molecule has 4 N–H and O–H groups in total. The van der Waals surface area contributed by atoms with Crippen LogP contribution in [0.2, 0.25) is 0 Å². The van der Waals surface area contributed by atoms with Crippen LogP contribution in [0.3, 0.4) is 0 Å². The summed E-state index contributed by atoms with van der Waals surface area (Å²) in [4.78, 5) is 13.2. The van der Waals surface area contributed by atoms with Crippen LogP contribution in [0.5, 0.6) is 0 Å². The van der Waals surface area contributed by atoms with Gasteiger partial charge in [0.25, 0.3) is 0 Å². The van der Waals surface area contributed by atoms with Crippen LogP contribution in [0.1, 0.15) is 17.9 Å². The van der Waals surface area contributed by atoms with Gasteiger partial charge in [-0.05, 0) is 11.6 Å².